The maximum absolute atomic E-state index is 12.7. The van der Waals surface area contributed by atoms with Crippen LogP contribution < -0.4 is 5.43 Å². The Morgan fingerprint density at radius 3 is 2.52 bits per heavy atom. The van der Waals surface area contributed by atoms with E-state index in [1.54, 1.807) is 32.0 Å². The predicted molar refractivity (Wildman–Crippen MR) is 104 cm³/mol. The van der Waals surface area contributed by atoms with Crippen molar-refractivity contribution in [2.24, 2.45) is 0 Å². The molecule has 1 aromatic carbocycles. The molecule has 2 atom stereocenters. The molecule has 1 heterocycles. The van der Waals surface area contributed by atoms with Crippen molar-refractivity contribution in [3.05, 3.63) is 67.6 Å². The lowest BCUT2D eigenvalue weighted by atomic mass is 9.66. The van der Waals surface area contributed by atoms with Crippen LogP contribution in [0.15, 0.2) is 55.8 Å². The molecule has 1 aromatic heterocycles. The highest BCUT2D eigenvalue weighted by molar-refractivity contribution is 6.31. The topological polar surface area (TPSA) is 76.7 Å². The molecule has 142 valence electrons. The standard InChI is InChI=1S/C21H21ClO5/c1-10-12(3)21(4,19(26-5)11(2)18(10)20(24)25)17-9-15(23)14-7-6-13(22)8-16(14)27-17/h6-9,19H,1-5H3,(H,24,25). The molecule has 2 unspecified atom stereocenters. The van der Waals surface area contributed by atoms with E-state index in [0.717, 1.165) is 5.57 Å². The summed E-state index contributed by atoms with van der Waals surface area (Å²) in [5.74, 6) is -0.588. The molecule has 27 heavy (non-hydrogen) atoms. The van der Waals surface area contributed by atoms with Gasteiger partial charge in [-0.15, -0.1) is 0 Å². The fraction of sp³-hybridized carbons (Fsp3) is 0.333. The van der Waals surface area contributed by atoms with Gasteiger partial charge in [-0.25, -0.2) is 4.79 Å². The third kappa shape index (κ3) is 2.82. The molecule has 6 heteroatoms. The van der Waals surface area contributed by atoms with E-state index in [1.807, 2.05) is 13.8 Å². The highest BCUT2D eigenvalue weighted by Crippen LogP contribution is 2.46. The van der Waals surface area contributed by atoms with Crippen LogP contribution >= 0.6 is 11.6 Å². The van der Waals surface area contributed by atoms with Gasteiger partial charge in [-0.05, 0) is 51.0 Å². The van der Waals surface area contributed by atoms with E-state index in [-0.39, 0.29) is 11.0 Å². The molecule has 2 aromatic rings. The van der Waals surface area contributed by atoms with E-state index in [0.29, 0.717) is 32.9 Å². The molecule has 0 fully saturated rings. The zero-order valence-electron chi connectivity index (χ0n) is 15.8. The Balaban J connectivity index is 2.34. The Labute approximate surface area is 161 Å². The molecular weight excluding hydrogens is 368 g/mol. The van der Waals surface area contributed by atoms with E-state index in [9.17, 15) is 14.7 Å². The largest absolute Gasteiger partial charge is 0.478 e. The number of methoxy groups -OCH3 is 1. The van der Waals surface area contributed by atoms with Gasteiger partial charge in [0.05, 0.1) is 22.5 Å². The normalized spacial score (nSPS) is 23.3. The van der Waals surface area contributed by atoms with Crippen molar-refractivity contribution in [1.29, 1.82) is 0 Å². The number of ether oxygens (including phenoxy) is 1. The second-order valence-corrected chi connectivity index (χ2v) is 7.48. The minimum atomic E-state index is -1.000. The van der Waals surface area contributed by atoms with Crippen LogP contribution in [-0.2, 0) is 14.9 Å². The maximum Gasteiger partial charge on any atom is 0.335 e. The minimum Gasteiger partial charge on any atom is -0.478 e. The van der Waals surface area contributed by atoms with Crippen LogP contribution in [0.2, 0.25) is 5.02 Å². The number of halogens is 1. The first kappa shape index (κ1) is 19.4. The second kappa shape index (κ2) is 6.66. The number of rotatable bonds is 3. The second-order valence-electron chi connectivity index (χ2n) is 7.05. The first-order valence-corrected chi connectivity index (χ1v) is 8.89. The van der Waals surface area contributed by atoms with Crippen LogP contribution in [0.5, 0.6) is 0 Å². The van der Waals surface area contributed by atoms with Gasteiger partial charge < -0.3 is 14.3 Å². The van der Waals surface area contributed by atoms with Crippen LogP contribution in [0, 0.1) is 0 Å². The van der Waals surface area contributed by atoms with E-state index in [1.165, 1.54) is 13.2 Å². The Morgan fingerprint density at radius 1 is 1.26 bits per heavy atom. The van der Waals surface area contributed by atoms with Crippen LogP contribution in [0.3, 0.4) is 0 Å². The highest BCUT2D eigenvalue weighted by Gasteiger charge is 2.47. The first-order valence-electron chi connectivity index (χ1n) is 8.52. The molecule has 1 aliphatic carbocycles. The van der Waals surface area contributed by atoms with Gasteiger partial charge in [-0.3, -0.25) is 4.79 Å². The first-order chi connectivity index (χ1) is 12.6. The zero-order valence-corrected chi connectivity index (χ0v) is 16.6. The van der Waals surface area contributed by atoms with Crippen LogP contribution in [0.25, 0.3) is 11.0 Å². The van der Waals surface area contributed by atoms with Crippen molar-refractivity contribution in [3.63, 3.8) is 0 Å². The molecule has 3 rings (SSSR count). The lowest BCUT2D eigenvalue weighted by Gasteiger charge is -2.42. The fourth-order valence-electron chi connectivity index (χ4n) is 4.07. The minimum absolute atomic E-state index is 0.185. The summed E-state index contributed by atoms with van der Waals surface area (Å²) in [6, 6.07) is 6.33. The van der Waals surface area contributed by atoms with Gasteiger partial charge >= 0.3 is 5.97 Å². The lowest BCUT2D eigenvalue weighted by molar-refractivity contribution is -0.132. The molecule has 0 spiro atoms. The smallest absolute Gasteiger partial charge is 0.335 e. The average Bonchev–Trinajstić information content (AvgIpc) is 2.59. The number of carbonyl (C=O) groups is 1. The quantitative estimate of drug-likeness (QED) is 0.839. The average molecular weight is 389 g/mol. The summed E-state index contributed by atoms with van der Waals surface area (Å²) in [5.41, 5.74) is 1.61. The number of fused-ring (bicyclic) bond motifs is 1. The summed E-state index contributed by atoms with van der Waals surface area (Å²) in [7, 11) is 1.52. The number of carboxylic acid groups (broad SMARTS) is 1. The Hall–Kier alpha value is -2.37. The highest BCUT2D eigenvalue weighted by atomic mass is 35.5. The molecule has 0 saturated carbocycles. The van der Waals surface area contributed by atoms with E-state index < -0.39 is 17.5 Å². The third-order valence-electron chi connectivity index (χ3n) is 5.68. The van der Waals surface area contributed by atoms with Gasteiger partial charge in [-0.1, -0.05) is 17.2 Å². The van der Waals surface area contributed by atoms with Gasteiger partial charge in [0, 0.05) is 24.3 Å². The summed E-state index contributed by atoms with van der Waals surface area (Å²) in [6.07, 6.45) is -0.591. The fourth-order valence-corrected chi connectivity index (χ4v) is 4.24. The SMILES string of the molecule is COC1C(C)=C(C(=O)O)C(C)=C(C)C1(C)c1cc(=O)c2ccc(Cl)cc2o1. The molecule has 0 aliphatic heterocycles. The van der Waals surface area contributed by atoms with Gasteiger partial charge in [0.25, 0.3) is 0 Å². The molecule has 0 amide bonds. The molecule has 0 saturated heterocycles. The molecule has 1 aliphatic rings. The number of benzene rings is 1. The van der Waals surface area contributed by atoms with Crippen molar-refractivity contribution >= 4 is 28.5 Å². The van der Waals surface area contributed by atoms with Gasteiger partial charge in [-0.2, -0.15) is 0 Å². The summed E-state index contributed by atoms with van der Waals surface area (Å²) in [6.45, 7) is 7.25. The molecule has 5 nitrogen and oxygen atoms in total. The third-order valence-corrected chi connectivity index (χ3v) is 5.92. The zero-order chi connectivity index (χ0) is 20.1. The van der Waals surface area contributed by atoms with Crippen LogP contribution in [0.4, 0.5) is 0 Å². The Kier molecular flexibility index (Phi) is 4.78. The van der Waals surface area contributed by atoms with Gasteiger partial charge in [0.2, 0.25) is 0 Å². The van der Waals surface area contributed by atoms with Crippen molar-refractivity contribution < 1.29 is 19.1 Å². The summed E-state index contributed by atoms with van der Waals surface area (Å²) in [5, 5.41) is 10.5. The summed E-state index contributed by atoms with van der Waals surface area (Å²) in [4.78, 5) is 24.4. The van der Waals surface area contributed by atoms with Crippen molar-refractivity contribution in [2.75, 3.05) is 7.11 Å². The number of hydrogen-bond donors (Lipinski definition) is 1. The van der Waals surface area contributed by atoms with E-state index in [4.69, 9.17) is 20.8 Å². The maximum atomic E-state index is 12.7. The number of hydrogen-bond acceptors (Lipinski definition) is 4. The molecule has 0 radical (unpaired) electrons. The predicted octanol–water partition coefficient (Wildman–Crippen LogP) is 4.47. The Morgan fingerprint density at radius 2 is 1.93 bits per heavy atom. The molecule has 0 bridgehead atoms. The van der Waals surface area contributed by atoms with E-state index in [2.05, 4.69) is 0 Å². The summed E-state index contributed by atoms with van der Waals surface area (Å²) < 4.78 is 11.8. The molecule has 1 N–H and O–H groups in total. The van der Waals surface area contributed by atoms with Crippen LogP contribution in [0.1, 0.15) is 33.5 Å². The monoisotopic (exact) mass is 388 g/mol. The summed E-state index contributed by atoms with van der Waals surface area (Å²) >= 11 is 6.06. The number of aliphatic carboxylic acids is 1. The van der Waals surface area contributed by atoms with E-state index >= 15 is 0 Å². The van der Waals surface area contributed by atoms with Crippen LogP contribution in [-0.4, -0.2) is 24.3 Å². The lowest BCUT2D eigenvalue weighted by Crippen LogP contribution is -2.44. The number of carboxylic acids is 1. The van der Waals surface area contributed by atoms with Crippen molar-refractivity contribution in [2.45, 2.75) is 39.2 Å². The van der Waals surface area contributed by atoms with Crippen molar-refractivity contribution in [1.82, 2.24) is 0 Å². The van der Waals surface area contributed by atoms with Gasteiger partial charge in [0.1, 0.15) is 11.3 Å². The van der Waals surface area contributed by atoms with Crippen molar-refractivity contribution in [3.8, 4) is 0 Å². The van der Waals surface area contributed by atoms with Gasteiger partial charge in [0.15, 0.2) is 5.43 Å². The molecular formula is C21H21ClO5. The Bertz CT molecular complexity index is 1080.